The smallest absolute Gasteiger partial charge is 0.321 e. The van der Waals surface area contributed by atoms with E-state index in [2.05, 4.69) is 19.9 Å². The Bertz CT molecular complexity index is 1030. The van der Waals surface area contributed by atoms with E-state index in [1.807, 2.05) is 13.8 Å². The number of esters is 2. The standard InChI is InChI=1S/C28H40O7/c1-15-13-19-25(6,28(23(33)34-8)22(32)16(2)21(31)26(15,28)7)11-9-18-24(4,5)20(35-17(3)30)10-12-27(18,19)14-29/h13,16,18-20,29H,9-12,14H2,1-8H3/t16-,18+,19+,20-,25-,26-,27-,28+/m0/s1. The van der Waals surface area contributed by atoms with Gasteiger partial charge in [-0.25, -0.2) is 0 Å². The first-order valence-corrected chi connectivity index (χ1v) is 12.8. The van der Waals surface area contributed by atoms with E-state index in [9.17, 15) is 24.3 Å². The average Bonchev–Trinajstić information content (AvgIpc) is 2.95. The van der Waals surface area contributed by atoms with Gasteiger partial charge in [0.2, 0.25) is 0 Å². The lowest BCUT2D eigenvalue weighted by Gasteiger charge is -2.69. The van der Waals surface area contributed by atoms with Gasteiger partial charge in [0.25, 0.3) is 0 Å². The molecule has 0 unspecified atom stereocenters. The van der Waals surface area contributed by atoms with Crippen molar-refractivity contribution in [2.45, 2.75) is 80.3 Å². The van der Waals surface area contributed by atoms with E-state index in [0.717, 1.165) is 0 Å². The minimum Gasteiger partial charge on any atom is -0.468 e. The quantitative estimate of drug-likeness (QED) is 0.367. The van der Waals surface area contributed by atoms with Crippen molar-refractivity contribution < 1.29 is 33.8 Å². The summed E-state index contributed by atoms with van der Waals surface area (Å²) in [5.41, 5.74) is -4.23. The summed E-state index contributed by atoms with van der Waals surface area (Å²) < 4.78 is 11.1. The van der Waals surface area contributed by atoms with Gasteiger partial charge in [0.1, 0.15) is 11.5 Å². The van der Waals surface area contributed by atoms with E-state index < -0.39 is 39.0 Å². The summed E-state index contributed by atoms with van der Waals surface area (Å²) in [5.74, 6) is -2.82. The number of aliphatic hydroxyl groups is 1. The predicted molar refractivity (Wildman–Crippen MR) is 128 cm³/mol. The number of carbonyl (C=O) groups is 4. The number of rotatable bonds is 3. The highest BCUT2D eigenvalue weighted by Crippen LogP contribution is 2.76. The minimum atomic E-state index is -1.65. The molecular formula is C28H40O7. The van der Waals surface area contributed by atoms with E-state index in [-0.39, 0.29) is 42.1 Å². The van der Waals surface area contributed by atoms with Crippen LogP contribution in [0.1, 0.15) is 74.1 Å². The monoisotopic (exact) mass is 488 g/mol. The van der Waals surface area contributed by atoms with E-state index in [0.29, 0.717) is 31.3 Å². The Kier molecular flexibility index (Phi) is 5.76. The Hall–Kier alpha value is -2.02. The second kappa shape index (κ2) is 7.74. The number of hydrogen-bond acceptors (Lipinski definition) is 7. The van der Waals surface area contributed by atoms with Gasteiger partial charge in [0.15, 0.2) is 11.6 Å². The molecule has 8 atom stereocenters. The highest BCUT2D eigenvalue weighted by atomic mass is 16.5. The van der Waals surface area contributed by atoms with Crippen molar-refractivity contribution in [2.75, 3.05) is 13.7 Å². The maximum Gasteiger partial charge on any atom is 0.321 e. The topological polar surface area (TPSA) is 107 Å². The summed E-state index contributed by atoms with van der Waals surface area (Å²) in [6.07, 6.45) is 4.11. The van der Waals surface area contributed by atoms with Gasteiger partial charge in [-0.3, -0.25) is 19.2 Å². The molecule has 0 aromatic carbocycles. The Labute approximate surface area is 208 Å². The first-order chi connectivity index (χ1) is 16.1. The molecule has 4 aliphatic rings. The van der Waals surface area contributed by atoms with Crippen LogP contribution in [0.5, 0.6) is 0 Å². The number of hydrogen-bond donors (Lipinski definition) is 1. The van der Waals surface area contributed by atoms with Crippen LogP contribution in [0.3, 0.4) is 0 Å². The fourth-order valence-corrected chi connectivity index (χ4v) is 9.40. The molecular weight excluding hydrogens is 448 g/mol. The van der Waals surface area contributed by atoms with Gasteiger partial charge < -0.3 is 14.6 Å². The Morgan fingerprint density at radius 3 is 2.26 bits per heavy atom. The number of aliphatic hydroxyl groups excluding tert-OH is 1. The molecule has 194 valence electrons. The summed E-state index contributed by atoms with van der Waals surface area (Å²) in [5, 5.41) is 11.1. The highest BCUT2D eigenvalue weighted by molar-refractivity contribution is 6.25. The summed E-state index contributed by atoms with van der Waals surface area (Å²) >= 11 is 0. The second-order valence-corrected chi connectivity index (χ2v) is 12.5. The maximum absolute atomic E-state index is 14.1. The second-order valence-electron chi connectivity index (χ2n) is 12.5. The Morgan fingerprint density at radius 1 is 1.09 bits per heavy atom. The van der Waals surface area contributed by atoms with Gasteiger partial charge in [-0.15, -0.1) is 0 Å². The molecule has 0 aromatic heterocycles. The van der Waals surface area contributed by atoms with Gasteiger partial charge >= 0.3 is 11.9 Å². The molecule has 0 bridgehead atoms. The van der Waals surface area contributed by atoms with Crippen molar-refractivity contribution in [1.82, 2.24) is 0 Å². The fourth-order valence-electron chi connectivity index (χ4n) is 9.40. The first kappa shape index (κ1) is 26.1. The zero-order valence-corrected chi connectivity index (χ0v) is 22.3. The van der Waals surface area contributed by atoms with Crippen LogP contribution in [0.25, 0.3) is 0 Å². The first-order valence-electron chi connectivity index (χ1n) is 12.8. The molecule has 0 radical (unpaired) electrons. The largest absolute Gasteiger partial charge is 0.468 e. The van der Waals surface area contributed by atoms with Crippen LogP contribution in [0, 0.1) is 44.8 Å². The molecule has 4 rings (SSSR count). The van der Waals surface area contributed by atoms with Crippen LogP contribution in [-0.4, -0.2) is 48.4 Å². The molecule has 0 spiro atoms. The SMILES string of the molecule is COC(=O)[C@@]12C(=O)[C@@H](C)C(=O)[C@]1(C)C(C)=C[C@H]1[C@]3(CO)CC[C@H](OC(C)=O)C(C)(C)[C@H]3CC[C@@]12C. The molecule has 0 amide bonds. The Balaban J connectivity index is 1.98. The summed E-state index contributed by atoms with van der Waals surface area (Å²) in [4.78, 5) is 53.3. The normalized spacial score (nSPS) is 46.1. The molecule has 1 N–H and O–H groups in total. The maximum atomic E-state index is 14.1. The van der Waals surface area contributed by atoms with Gasteiger partial charge in [0.05, 0.1) is 18.4 Å². The molecule has 0 heterocycles. The zero-order chi connectivity index (χ0) is 26.4. The molecule has 7 nitrogen and oxygen atoms in total. The van der Waals surface area contributed by atoms with E-state index in [4.69, 9.17) is 9.47 Å². The molecule has 3 saturated carbocycles. The average molecular weight is 489 g/mol. The lowest BCUT2D eigenvalue weighted by molar-refractivity contribution is -0.229. The third-order valence-electron chi connectivity index (χ3n) is 11.1. The minimum absolute atomic E-state index is 0.0103. The number of ketones is 2. The van der Waals surface area contributed by atoms with E-state index in [1.165, 1.54) is 14.0 Å². The van der Waals surface area contributed by atoms with E-state index >= 15 is 0 Å². The number of carbonyl (C=O) groups excluding carboxylic acids is 4. The van der Waals surface area contributed by atoms with Crippen LogP contribution in [-0.2, 0) is 28.7 Å². The molecule has 0 aromatic rings. The van der Waals surface area contributed by atoms with Gasteiger partial charge in [-0.1, -0.05) is 32.4 Å². The summed E-state index contributed by atoms with van der Waals surface area (Å²) in [6.45, 7) is 12.6. The number of methoxy groups -OCH3 is 1. The van der Waals surface area contributed by atoms with Crippen molar-refractivity contribution in [3.8, 4) is 0 Å². The van der Waals surface area contributed by atoms with Gasteiger partial charge in [-0.2, -0.15) is 0 Å². The van der Waals surface area contributed by atoms with E-state index in [1.54, 1.807) is 13.8 Å². The summed E-state index contributed by atoms with van der Waals surface area (Å²) in [7, 11) is 1.28. The third kappa shape index (κ3) is 2.71. The number of Topliss-reactive ketones (excluding diaryl/α,β-unsaturated/α-hetero) is 2. The van der Waals surface area contributed by atoms with Crippen LogP contribution >= 0.6 is 0 Å². The number of allylic oxidation sites excluding steroid dienone is 2. The lowest BCUT2D eigenvalue weighted by Crippen LogP contribution is -2.70. The Morgan fingerprint density at radius 2 is 1.71 bits per heavy atom. The van der Waals surface area contributed by atoms with Gasteiger partial charge in [0, 0.05) is 24.4 Å². The molecule has 0 saturated heterocycles. The lowest BCUT2D eigenvalue weighted by atomic mass is 9.33. The number of fused-ring (bicyclic) bond motifs is 5. The molecule has 4 aliphatic carbocycles. The van der Waals surface area contributed by atoms with Crippen LogP contribution < -0.4 is 0 Å². The van der Waals surface area contributed by atoms with Crippen molar-refractivity contribution in [1.29, 1.82) is 0 Å². The van der Waals surface area contributed by atoms with Gasteiger partial charge in [-0.05, 0) is 63.7 Å². The van der Waals surface area contributed by atoms with Crippen molar-refractivity contribution in [3.05, 3.63) is 11.6 Å². The van der Waals surface area contributed by atoms with Crippen LogP contribution in [0.15, 0.2) is 11.6 Å². The zero-order valence-electron chi connectivity index (χ0n) is 22.3. The predicted octanol–water partition coefficient (Wildman–Crippen LogP) is 3.66. The van der Waals surface area contributed by atoms with Crippen LogP contribution in [0.2, 0.25) is 0 Å². The van der Waals surface area contributed by atoms with Crippen LogP contribution in [0.4, 0.5) is 0 Å². The molecule has 35 heavy (non-hydrogen) atoms. The molecule has 0 aliphatic heterocycles. The van der Waals surface area contributed by atoms with Crippen molar-refractivity contribution >= 4 is 23.5 Å². The highest BCUT2D eigenvalue weighted by Gasteiger charge is 2.82. The molecule has 3 fully saturated rings. The summed E-state index contributed by atoms with van der Waals surface area (Å²) in [6, 6.07) is 0. The number of ether oxygens (including phenoxy) is 2. The van der Waals surface area contributed by atoms with Crippen molar-refractivity contribution in [3.63, 3.8) is 0 Å². The molecule has 7 heteroatoms. The van der Waals surface area contributed by atoms with Crippen molar-refractivity contribution in [2.24, 2.45) is 44.8 Å². The fraction of sp³-hybridized carbons (Fsp3) is 0.786. The third-order valence-corrected chi connectivity index (χ3v) is 11.1.